The van der Waals surface area contributed by atoms with Crippen molar-refractivity contribution in [1.29, 1.82) is 0 Å². The first-order chi connectivity index (χ1) is 4.66. The maximum atomic E-state index is 8.52. The fraction of sp³-hybridized carbons (Fsp3) is 1.00. The molecule has 0 aliphatic heterocycles. The minimum Gasteiger partial charge on any atom is -0.396 e. The summed E-state index contributed by atoms with van der Waals surface area (Å²) < 4.78 is 0. The summed E-state index contributed by atoms with van der Waals surface area (Å²) in [6.45, 7) is 4.49. The molecule has 1 nitrogen and oxygen atoms in total. The van der Waals surface area contributed by atoms with Gasteiger partial charge in [-0.3, -0.25) is 0 Å². The molecule has 10 heavy (non-hydrogen) atoms. The van der Waals surface area contributed by atoms with Crippen LogP contribution in [-0.4, -0.2) is 17.1 Å². The lowest BCUT2D eigenvalue weighted by atomic mass is 10.0. The van der Waals surface area contributed by atoms with E-state index in [9.17, 15) is 0 Å². The third-order valence-electron chi connectivity index (χ3n) is 1.58. The van der Waals surface area contributed by atoms with Crippen LogP contribution >= 0.6 is 11.6 Å². The minimum atomic E-state index is 0.272. The molecule has 2 unspecified atom stereocenters. The second-order valence-corrected chi connectivity index (χ2v) is 3.73. The van der Waals surface area contributed by atoms with Gasteiger partial charge in [0.2, 0.25) is 0 Å². The first-order valence-corrected chi connectivity index (χ1v) is 4.35. The average molecular weight is 165 g/mol. The van der Waals surface area contributed by atoms with Crippen LogP contribution in [0.4, 0.5) is 0 Å². The van der Waals surface area contributed by atoms with Gasteiger partial charge in [-0.1, -0.05) is 6.92 Å². The minimum absolute atomic E-state index is 0.272. The summed E-state index contributed by atoms with van der Waals surface area (Å²) in [6, 6.07) is 0. The zero-order valence-corrected chi connectivity index (χ0v) is 7.56. The highest BCUT2D eigenvalue weighted by molar-refractivity contribution is 6.20. The molecular weight excluding hydrogens is 148 g/mol. The van der Waals surface area contributed by atoms with Crippen molar-refractivity contribution in [2.24, 2.45) is 5.92 Å². The van der Waals surface area contributed by atoms with Crippen LogP contribution in [0.15, 0.2) is 0 Å². The number of hydrogen-bond donors (Lipinski definition) is 1. The third kappa shape index (κ3) is 6.37. The predicted octanol–water partition coefficient (Wildman–Crippen LogP) is 2.41. The summed E-state index contributed by atoms with van der Waals surface area (Å²) in [4.78, 5) is 0. The molecule has 0 heterocycles. The van der Waals surface area contributed by atoms with Crippen molar-refractivity contribution >= 4 is 11.6 Å². The van der Waals surface area contributed by atoms with Crippen LogP contribution in [0.25, 0.3) is 0 Å². The molecule has 0 radical (unpaired) electrons. The second kappa shape index (κ2) is 5.99. The molecule has 0 saturated heterocycles. The normalized spacial score (nSPS) is 16.8. The zero-order chi connectivity index (χ0) is 7.98. The van der Waals surface area contributed by atoms with Gasteiger partial charge in [-0.25, -0.2) is 0 Å². The highest BCUT2D eigenvalue weighted by Gasteiger charge is 2.04. The van der Waals surface area contributed by atoms with Crippen LogP contribution in [0.3, 0.4) is 0 Å². The Morgan fingerprint density at radius 3 is 2.40 bits per heavy atom. The molecule has 0 aliphatic rings. The lowest BCUT2D eigenvalue weighted by Crippen LogP contribution is -2.02. The molecular formula is C8H17ClO. The molecule has 2 atom stereocenters. The first-order valence-electron chi connectivity index (χ1n) is 3.91. The Morgan fingerprint density at radius 1 is 1.40 bits per heavy atom. The summed E-state index contributed by atoms with van der Waals surface area (Å²) in [5, 5.41) is 8.79. The van der Waals surface area contributed by atoms with Crippen LogP contribution in [0.5, 0.6) is 0 Å². The van der Waals surface area contributed by atoms with Crippen molar-refractivity contribution < 1.29 is 5.11 Å². The fourth-order valence-electron chi connectivity index (χ4n) is 1.11. The van der Waals surface area contributed by atoms with Gasteiger partial charge in [-0.15, -0.1) is 11.6 Å². The molecule has 0 rings (SSSR count). The lowest BCUT2D eigenvalue weighted by molar-refractivity contribution is 0.271. The molecule has 0 aromatic heterocycles. The Labute approximate surface area is 68.4 Å². The van der Waals surface area contributed by atoms with Crippen LogP contribution in [0.1, 0.15) is 33.1 Å². The van der Waals surface area contributed by atoms with E-state index in [1.165, 1.54) is 0 Å². The van der Waals surface area contributed by atoms with E-state index in [1.807, 2.05) is 6.92 Å². The topological polar surface area (TPSA) is 20.2 Å². The van der Waals surface area contributed by atoms with Gasteiger partial charge in [0.1, 0.15) is 0 Å². The second-order valence-electron chi connectivity index (χ2n) is 2.99. The lowest BCUT2D eigenvalue weighted by Gasteiger charge is -2.10. The van der Waals surface area contributed by atoms with Crippen molar-refractivity contribution in [2.45, 2.75) is 38.5 Å². The van der Waals surface area contributed by atoms with Crippen LogP contribution in [0, 0.1) is 5.92 Å². The van der Waals surface area contributed by atoms with E-state index >= 15 is 0 Å². The van der Waals surface area contributed by atoms with Crippen molar-refractivity contribution in [3.63, 3.8) is 0 Å². The van der Waals surface area contributed by atoms with Crippen LogP contribution in [-0.2, 0) is 0 Å². The molecule has 2 heteroatoms. The van der Waals surface area contributed by atoms with Crippen molar-refractivity contribution in [1.82, 2.24) is 0 Å². The quantitative estimate of drug-likeness (QED) is 0.619. The number of rotatable bonds is 5. The van der Waals surface area contributed by atoms with E-state index in [0.29, 0.717) is 12.5 Å². The summed E-state index contributed by atoms with van der Waals surface area (Å²) in [5.41, 5.74) is 0. The van der Waals surface area contributed by atoms with Gasteiger partial charge < -0.3 is 5.11 Å². The van der Waals surface area contributed by atoms with Gasteiger partial charge in [0.25, 0.3) is 0 Å². The number of aliphatic hydroxyl groups excluding tert-OH is 1. The Hall–Kier alpha value is 0.250. The summed E-state index contributed by atoms with van der Waals surface area (Å²) in [6.07, 6.45) is 3.06. The van der Waals surface area contributed by atoms with E-state index in [-0.39, 0.29) is 5.38 Å². The number of halogens is 1. The zero-order valence-electron chi connectivity index (χ0n) is 6.81. The van der Waals surface area contributed by atoms with Crippen molar-refractivity contribution in [3.05, 3.63) is 0 Å². The highest BCUT2D eigenvalue weighted by Crippen LogP contribution is 2.15. The molecule has 0 bridgehead atoms. The van der Waals surface area contributed by atoms with Crippen LogP contribution in [0.2, 0.25) is 0 Å². The van der Waals surface area contributed by atoms with E-state index < -0.39 is 0 Å². The third-order valence-corrected chi connectivity index (χ3v) is 1.76. The Kier molecular flexibility index (Phi) is 6.14. The maximum Gasteiger partial charge on any atom is 0.0431 e. The number of hydrogen-bond acceptors (Lipinski definition) is 1. The van der Waals surface area contributed by atoms with E-state index in [2.05, 4.69) is 6.92 Å². The predicted molar refractivity (Wildman–Crippen MR) is 45.4 cm³/mol. The summed E-state index contributed by atoms with van der Waals surface area (Å²) in [5.74, 6) is 0.652. The van der Waals surface area contributed by atoms with Crippen molar-refractivity contribution in [2.75, 3.05) is 6.61 Å². The standard InChI is InChI=1S/C8H17ClO/c1-7(4-3-5-10)6-8(2)9/h7-8,10H,3-6H2,1-2H3. The highest BCUT2D eigenvalue weighted by atomic mass is 35.5. The molecule has 1 N–H and O–H groups in total. The van der Waals surface area contributed by atoms with Gasteiger partial charge in [0, 0.05) is 12.0 Å². The van der Waals surface area contributed by atoms with Gasteiger partial charge in [0.15, 0.2) is 0 Å². The number of alkyl halides is 1. The Bertz CT molecular complexity index is 73.7. The van der Waals surface area contributed by atoms with Gasteiger partial charge in [-0.2, -0.15) is 0 Å². The number of aliphatic hydroxyl groups is 1. The molecule has 0 amide bonds. The Balaban J connectivity index is 3.16. The van der Waals surface area contributed by atoms with Crippen LogP contribution < -0.4 is 0 Å². The van der Waals surface area contributed by atoms with Gasteiger partial charge in [0.05, 0.1) is 0 Å². The van der Waals surface area contributed by atoms with E-state index in [1.54, 1.807) is 0 Å². The molecule has 0 aromatic rings. The summed E-state index contributed by atoms with van der Waals surface area (Å²) in [7, 11) is 0. The van der Waals surface area contributed by atoms with Gasteiger partial charge >= 0.3 is 0 Å². The molecule has 0 saturated carbocycles. The average Bonchev–Trinajstić information content (AvgIpc) is 1.82. The first kappa shape index (κ1) is 10.2. The Morgan fingerprint density at radius 2 is 2.00 bits per heavy atom. The molecule has 0 aromatic carbocycles. The smallest absolute Gasteiger partial charge is 0.0431 e. The maximum absolute atomic E-state index is 8.52. The summed E-state index contributed by atoms with van der Waals surface area (Å²) >= 11 is 5.79. The van der Waals surface area contributed by atoms with E-state index in [0.717, 1.165) is 19.3 Å². The molecule has 0 aliphatic carbocycles. The van der Waals surface area contributed by atoms with Gasteiger partial charge in [-0.05, 0) is 32.1 Å². The fourth-order valence-corrected chi connectivity index (χ4v) is 1.42. The molecule has 0 fully saturated rings. The van der Waals surface area contributed by atoms with Crippen molar-refractivity contribution in [3.8, 4) is 0 Å². The molecule has 62 valence electrons. The molecule has 0 spiro atoms. The van der Waals surface area contributed by atoms with E-state index in [4.69, 9.17) is 16.7 Å². The monoisotopic (exact) mass is 164 g/mol. The largest absolute Gasteiger partial charge is 0.396 e. The SMILES string of the molecule is CC(Cl)CC(C)CCCO.